The van der Waals surface area contributed by atoms with Gasteiger partial charge in [0.05, 0.1) is 30.4 Å². The molecule has 182 valence electrons. The Hall–Kier alpha value is -3.32. The van der Waals surface area contributed by atoms with E-state index in [9.17, 15) is 14.7 Å². The fourth-order valence-electron chi connectivity index (χ4n) is 4.26. The van der Waals surface area contributed by atoms with Crippen LogP contribution in [0, 0.1) is 0 Å². The first-order chi connectivity index (χ1) is 16.3. The van der Waals surface area contributed by atoms with Crippen molar-refractivity contribution in [3.05, 3.63) is 65.2 Å². The van der Waals surface area contributed by atoms with Gasteiger partial charge in [-0.2, -0.15) is 0 Å². The SMILES string of the molecule is CCN(CC)CCN1C(=O)C(=O)/C(=C(\O)c2ccccc2OC)C1c1cccc(OC(C)C)c1. The van der Waals surface area contributed by atoms with Crippen molar-refractivity contribution < 1.29 is 24.2 Å². The number of benzene rings is 2. The highest BCUT2D eigenvalue weighted by Gasteiger charge is 2.46. The fraction of sp³-hybridized carbons (Fsp3) is 0.407. The van der Waals surface area contributed by atoms with Gasteiger partial charge in [0.2, 0.25) is 0 Å². The molecule has 0 saturated carbocycles. The van der Waals surface area contributed by atoms with Gasteiger partial charge in [-0.05, 0) is 56.8 Å². The lowest BCUT2D eigenvalue weighted by Gasteiger charge is -2.28. The van der Waals surface area contributed by atoms with Crippen molar-refractivity contribution in [2.75, 3.05) is 33.3 Å². The maximum Gasteiger partial charge on any atom is 0.295 e. The second-order valence-electron chi connectivity index (χ2n) is 8.46. The predicted molar refractivity (Wildman–Crippen MR) is 132 cm³/mol. The average Bonchev–Trinajstić information content (AvgIpc) is 3.09. The Kier molecular flexibility index (Phi) is 8.34. The number of methoxy groups -OCH3 is 1. The molecule has 0 bridgehead atoms. The number of hydrogen-bond donors (Lipinski definition) is 1. The van der Waals surface area contributed by atoms with Crippen LogP contribution < -0.4 is 9.47 Å². The number of nitrogens with zero attached hydrogens (tertiary/aromatic N) is 2. The molecule has 1 N–H and O–H groups in total. The van der Waals surface area contributed by atoms with Gasteiger partial charge >= 0.3 is 0 Å². The highest BCUT2D eigenvalue weighted by atomic mass is 16.5. The standard InChI is InChI=1S/C27H34N2O5/c1-6-28(7-2)15-16-29-24(19-11-10-12-20(17-19)34-18(3)4)23(26(31)27(29)32)25(30)21-13-8-9-14-22(21)33-5/h8-14,17-18,24,30H,6-7,15-16H2,1-5H3/b25-23-. The van der Waals surface area contributed by atoms with E-state index in [-0.39, 0.29) is 17.4 Å². The van der Waals surface area contributed by atoms with Crippen LogP contribution in [0.1, 0.15) is 44.9 Å². The minimum Gasteiger partial charge on any atom is -0.507 e. The number of para-hydroxylation sites is 1. The van der Waals surface area contributed by atoms with Crippen LogP contribution in [-0.4, -0.2) is 66.0 Å². The molecule has 1 aliphatic rings. The number of carbonyl (C=O) groups is 2. The number of aliphatic hydroxyl groups is 1. The Morgan fingerprint density at radius 3 is 2.44 bits per heavy atom. The van der Waals surface area contributed by atoms with E-state index in [4.69, 9.17) is 9.47 Å². The quantitative estimate of drug-likeness (QED) is 0.320. The molecule has 1 aliphatic heterocycles. The second-order valence-corrected chi connectivity index (χ2v) is 8.46. The molecular weight excluding hydrogens is 432 g/mol. The van der Waals surface area contributed by atoms with E-state index in [1.165, 1.54) is 7.11 Å². The third-order valence-corrected chi connectivity index (χ3v) is 6.00. The molecule has 1 fully saturated rings. The molecule has 1 atom stereocenters. The zero-order chi connectivity index (χ0) is 24.8. The number of carbonyl (C=O) groups excluding carboxylic acids is 2. The largest absolute Gasteiger partial charge is 0.507 e. The fourth-order valence-corrected chi connectivity index (χ4v) is 4.26. The third kappa shape index (κ3) is 5.25. The third-order valence-electron chi connectivity index (χ3n) is 6.00. The van der Waals surface area contributed by atoms with Gasteiger partial charge in [0, 0.05) is 13.1 Å². The minimum absolute atomic E-state index is 0.0298. The van der Waals surface area contributed by atoms with Gasteiger partial charge in [-0.25, -0.2) is 0 Å². The molecule has 1 amide bonds. The van der Waals surface area contributed by atoms with E-state index in [1.54, 1.807) is 29.2 Å². The summed E-state index contributed by atoms with van der Waals surface area (Å²) in [5.74, 6) is -0.516. The molecule has 34 heavy (non-hydrogen) atoms. The zero-order valence-electron chi connectivity index (χ0n) is 20.6. The van der Waals surface area contributed by atoms with Crippen LogP contribution in [0.5, 0.6) is 11.5 Å². The monoisotopic (exact) mass is 466 g/mol. The van der Waals surface area contributed by atoms with Crippen LogP contribution in [0.15, 0.2) is 54.1 Å². The summed E-state index contributed by atoms with van der Waals surface area (Å²) in [6.45, 7) is 10.6. The van der Waals surface area contributed by atoms with Crippen molar-refractivity contribution in [2.24, 2.45) is 0 Å². The molecule has 1 unspecified atom stereocenters. The topological polar surface area (TPSA) is 79.3 Å². The normalized spacial score (nSPS) is 17.6. The Bertz CT molecular complexity index is 1060. The molecule has 3 rings (SSSR count). The molecule has 0 radical (unpaired) electrons. The summed E-state index contributed by atoms with van der Waals surface area (Å²) in [5.41, 5.74) is 1.12. The Morgan fingerprint density at radius 2 is 1.79 bits per heavy atom. The van der Waals surface area contributed by atoms with Crippen LogP contribution >= 0.6 is 0 Å². The van der Waals surface area contributed by atoms with Gasteiger partial charge in [0.15, 0.2) is 0 Å². The van der Waals surface area contributed by atoms with Gasteiger partial charge in [0.25, 0.3) is 11.7 Å². The predicted octanol–water partition coefficient (Wildman–Crippen LogP) is 4.25. The Balaban J connectivity index is 2.15. The number of ether oxygens (including phenoxy) is 2. The van der Waals surface area contributed by atoms with Crippen molar-refractivity contribution >= 4 is 17.4 Å². The lowest BCUT2D eigenvalue weighted by molar-refractivity contribution is -0.140. The summed E-state index contributed by atoms with van der Waals surface area (Å²) in [4.78, 5) is 30.2. The lowest BCUT2D eigenvalue weighted by Crippen LogP contribution is -2.38. The second kappa shape index (κ2) is 11.2. The number of Topliss-reactive ketones (excluding diaryl/α,β-unsaturated/α-hetero) is 1. The van der Waals surface area contributed by atoms with Crippen molar-refractivity contribution in [1.29, 1.82) is 0 Å². The van der Waals surface area contributed by atoms with Crippen LogP contribution in [0.3, 0.4) is 0 Å². The van der Waals surface area contributed by atoms with Gasteiger partial charge in [-0.3, -0.25) is 9.59 Å². The number of likely N-dealkylation sites (N-methyl/N-ethyl adjacent to an activating group) is 1. The van der Waals surface area contributed by atoms with Gasteiger partial charge < -0.3 is 24.4 Å². The number of amides is 1. The maximum absolute atomic E-state index is 13.3. The molecule has 7 nitrogen and oxygen atoms in total. The summed E-state index contributed by atoms with van der Waals surface area (Å²) in [5, 5.41) is 11.3. The molecule has 2 aromatic rings. The lowest BCUT2D eigenvalue weighted by atomic mass is 9.95. The highest BCUT2D eigenvalue weighted by Crippen LogP contribution is 2.41. The smallest absolute Gasteiger partial charge is 0.295 e. The van der Waals surface area contributed by atoms with E-state index in [1.807, 2.05) is 38.1 Å². The highest BCUT2D eigenvalue weighted by molar-refractivity contribution is 6.46. The van der Waals surface area contributed by atoms with Crippen LogP contribution in [0.25, 0.3) is 5.76 Å². The van der Waals surface area contributed by atoms with E-state index >= 15 is 0 Å². The van der Waals surface area contributed by atoms with Crippen molar-refractivity contribution in [3.63, 3.8) is 0 Å². The number of likely N-dealkylation sites (tertiary alicyclic amines) is 1. The summed E-state index contributed by atoms with van der Waals surface area (Å²) >= 11 is 0. The van der Waals surface area contributed by atoms with Gasteiger partial charge in [-0.1, -0.05) is 38.1 Å². The van der Waals surface area contributed by atoms with Gasteiger partial charge in [-0.15, -0.1) is 0 Å². The van der Waals surface area contributed by atoms with Crippen LogP contribution in [0.4, 0.5) is 0 Å². The Morgan fingerprint density at radius 1 is 1.09 bits per heavy atom. The first-order valence-electron chi connectivity index (χ1n) is 11.7. The molecule has 7 heteroatoms. The molecule has 1 heterocycles. The molecule has 0 aliphatic carbocycles. The molecule has 2 aromatic carbocycles. The number of ketones is 1. The van der Waals surface area contributed by atoms with E-state index in [0.717, 1.165) is 13.1 Å². The molecule has 1 saturated heterocycles. The summed E-state index contributed by atoms with van der Waals surface area (Å²) in [7, 11) is 1.50. The first kappa shape index (κ1) is 25.3. The molecular formula is C27H34N2O5. The zero-order valence-corrected chi connectivity index (χ0v) is 20.6. The summed E-state index contributed by atoms with van der Waals surface area (Å²) in [6, 6.07) is 13.5. The number of aliphatic hydroxyl groups excluding tert-OH is 1. The Labute approximate surface area is 201 Å². The van der Waals surface area contributed by atoms with Crippen LogP contribution in [-0.2, 0) is 9.59 Å². The maximum atomic E-state index is 13.3. The average molecular weight is 467 g/mol. The van der Waals surface area contributed by atoms with Crippen molar-refractivity contribution in [2.45, 2.75) is 39.8 Å². The van der Waals surface area contributed by atoms with E-state index < -0.39 is 17.7 Å². The molecule has 0 aromatic heterocycles. The van der Waals surface area contributed by atoms with Crippen molar-refractivity contribution in [3.8, 4) is 11.5 Å². The minimum atomic E-state index is -0.740. The first-order valence-corrected chi connectivity index (χ1v) is 11.7. The number of hydrogen-bond acceptors (Lipinski definition) is 6. The molecule has 0 spiro atoms. The van der Waals surface area contributed by atoms with Crippen molar-refractivity contribution in [1.82, 2.24) is 9.80 Å². The van der Waals surface area contributed by atoms with E-state index in [2.05, 4.69) is 18.7 Å². The van der Waals surface area contributed by atoms with E-state index in [0.29, 0.717) is 35.7 Å². The van der Waals surface area contributed by atoms with Crippen LogP contribution in [0.2, 0.25) is 0 Å². The van der Waals surface area contributed by atoms with Gasteiger partial charge in [0.1, 0.15) is 17.3 Å². The number of rotatable bonds is 10. The summed E-state index contributed by atoms with van der Waals surface area (Å²) in [6.07, 6.45) is -0.0298. The summed E-state index contributed by atoms with van der Waals surface area (Å²) < 4.78 is 11.3.